The Kier molecular flexibility index (Phi) is 7.43. The van der Waals surface area contributed by atoms with Gasteiger partial charge in [0.2, 0.25) is 5.91 Å². The Morgan fingerprint density at radius 2 is 1.58 bits per heavy atom. The topological polar surface area (TPSA) is 88.2 Å². The van der Waals surface area contributed by atoms with Crippen molar-refractivity contribution in [3.8, 4) is 0 Å². The number of imide groups is 1. The number of amides is 3. The molecule has 3 saturated heterocycles. The van der Waals surface area contributed by atoms with Crippen molar-refractivity contribution in [1.82, 2.24) is 10.2 Å². The molecular weight excluding hydrogens is 482 g/mol. The van der Waals surface area contributed by atoms with Crippen molar-refractivity contribution >= 4 is 23.8 Å². The zero-order chi connectivity index (χ0) is 26.9. The molecule has 5 rings (SSSR count). The maximum absolute atomic E-state index is 13.2. The van der Waals surface area contributed by atoms with E-state index < -0.39 is 11.7 Å². The lowest BCUT2D eigenvalue weighted by molar-refractivity contribution is -0.123. The summed E-state index contributed by atoms with van der Waals surface area (Å²) in [7, 11) is 0. The lowest BCUT2D eigenvalue weighted by atomic mass is 9.85. The maximum Gasteiger partial charge on any atom is 0.421 e. The molecule has 202 valence electrons. The third kappa shape index (κ3) is 5.70. The Morgan fingerprint density at radius 1 is 0.947 bits per heavy atom. The van der Waals surface area contributed by atoms with E-state index in [1.807, 2.05) is 80.3 Å². The van der Waals surface area contributed by atoms with Gasteiger partial charge in [0.1, 0.15) is 12.2 Å². The van der Waals surface area contributed by atoms with E-state index in [0.717, 1.165) is 36.8 Å². The van der Waals surface area contributed by atoms with Gasteiger partial charge in [-0.05, 0) is 75.6 Å². The molecule has 3 aliphatic rings. The minimum absolute atomic E-state index is 0.101. The summed E-state index contributed by atoms with van der Waals surface area (Å²) in [5, 5.41) is 3.10. The van der Waals surface area contributed by atoms with E-state index >= 15 is 0 Å². The molecule has 3 aliphatic heterocycles. The predicted octanol–water partition coefficient (Wildman–Crippen LogP) is 5.22. The van der Waals surface area contributed by atoms with Crippen LogP contribution < -0.4 is 10.2 Å². The van der Waals surface area contributed by atoms with Gasteiger partial charge in [0.05, 0.1) is 11.6 Å². The predicted molar refractivity (Wildman–Crippen MR) is 144 cm³/mol. The number of carbonyl (C=O) groups is 3. The number of anilines is 1. The lowest BCUT2D eigenvalue weighted by Crippen LogP contribution is -2.53. The molecule has 3 fully saturated rings. The highest BCUT2D eigenvalue weighted by molar-refractivity contribution is 6.13. The minimum Gasteiger partial charge on any atom is -0.444 e. The van der Waals surface area contributed by atoms with Gasteiger partial charge in [0.25, 0.3) is 0 Å². The van der Waals surface area contributed by atoms with Crippen LogP contribution in [0, 0.1) is 5.92 Å². The summed E-state index contributed by atoms with van der Waals surface area (Å²) in [5.41, 5.74) is 2.02. The molecule has 2 atom stereocenters. The van der Waals surface area contributed by atoms with Crippen molar-refractivity contribution in [3.63, 3.8) is 0 Å². The first kappa shape index (κ1) is 26.2. The number of fused-ring (bicyclic) bond motifs is 2. The van der Waals surface area contributed by atoms with Gasteiger partial charge < -0.3 is 19.7 Å². The van der Waals surface area contributed by atoms with Crippen LogP contribution in [0.3, 0.4) is 0 Å². The molecule has 0 radical (unpaired) electrons. The van der Waals surface area contributed by atoms with Gasteiger partial charge in [-0.15, -0.1) is 0 Å². The van der Waals surface area contributed by atoms with Gasteiger partial charge in [0.15, 0.2) is 0 Å². The summed E-state index contributed by atoms with van der Waals surface area (Å²) in [5.74, 6) is -0.185. The zero-order valence-electron chi connectivity index (χ0n) is 22.4. The third-order valence-corrected chi connectivity index (χ3v) is 7.70. The van der Waals surface area contributed by atoms with E-state index in [9.17, 15) is 14.4 Å². The molecule has 8 nitrogen and oxygen atoms in total. The zero-order valence-corrected chi connectivity index (χ0v) is 22.4. The number of hydrogen-bond donors (Lipinski definition) is 1. The maximum atomic E-state index is 13.2. The normalized spacial score (nSPS) is 22.9. The summed E-state index contributed by atoms with van der Waals surface area (Å²) >= 11 is 0. The molecule has 3 amide bonds. The van der Waals surface area contributed by atoms with Gasteiger partial charge >= 0.3 is 12.2 Å². The van der Waals surface area contributed by atoms with E-state index in [0.29, 0.717) is 24.7 Å². The van der Waals surface area contributed by atoms with E-state index in [2.05, 4.69) is 5.32 Å². The van der Waals surface area contributed by atoms with Crippen molar-refractivity contribution in [2.45, 2.75) is 76.7 Å². The van der Waals surface area contributed by atoms with Gasteiger partial charge in [-0.1, -0.05) is 42.5 Å². The standard InChI is InChI=1S/C30H37N3O5/c1-30(2,3)38-29(36)32-25-13-14-26(32)16-22(15-25)21-9-11-24(12-10-21)33(27(34)23-17-31-18-23)28(35)37-19-20-7-5-4-6-8-20/h4-12,22-23,25-26,31H,13-19H2,1-3H3. The molecule has 0 saturated carbocycles. The Balaban J connectivity index is 1.28. The van der Waals surface area contributed by atoms with E-state index in [4.69, 9.17) is 9.47 Å². The first-order valence-corrected chi connectivity index (χ1v) is 13.6. The second-order valence-electron chi connectivity index (χ2n) is 11.6. The van der Waals surface area contributed by atoms with Crippen LogP contribution in [0.1, 0.15) is 63.5 Å². The number of benzene rings is 2. The molecular formula is C30H37N3O5. The van der Waals surface area contributed by atoms with Crippen LogP contribution >= 0.6 is 0 Å². The highest BCUT2D eigenvalue weighted by Crippen LogP contribution is 2.44. The Bertz CT molecular complexity index is 1140. The molecule has 38 heavy (non-hydrogen) atoms. The van der Waals surface area contributed by atoms with Crippen molar-refractivity contribution in [2.24, 2.45) is 5.92 Å². The molecule has 2 aromatic rings. The second-order valence-corrected chi connectivity index (χ2v) is 11.6. The Morgan fingerprint density at radius 3 is 2.13 bits per heavy atom. The SMILES string of the molecule is CC(C)(C)OC(=O)N1C2CCC1CC(c1ccc(N(C(=O)OCc3ccccc3)C(=O)C3CNC3)cc1)C2. The van der Waals surface area contributed by atoms with Gasteiger partial charge in [-0.3, -0.25) is 4.79 Å². The molecule has 2 unspecified atom stereocenters. The molecule has 1 N–H and O–H groups in total. The lowest BCUT2D eigenvalue weighted by Gasteiger charge is -2.39. The average molecular weight is 520 g/mol. The van der Waals surface area contributed by atoms with Crippen molar-refractivity contribution in [3.05, 3.63) is 65.7 Å². The summed E-state index contributed by atoms with van der Waals surface area (Å²) in [6, 6.07) is 17.5. The second kappa shape index (κ2) is 10.8. The van der Waals surface area contributed by atoms with Crippen molar-refractivity contribution < 1.29 is 23.9 Å². The molecule has 8 heteroatoms. The van der Waals surface area contributed by atoms with Crippen LogP contribution in [0.25, 0.3) is 0 Å². The molecule has 0 aromatic heterocycles. The quantitative estimate of drug-likeness (QED) is 0.583. The monoisotopic (exact) mass is 519 g/mol. The Hall–Kier alpha value is -3.39. The van der Waals surface area contributed by atoms with E-state index in [1.54, 1.807) is 0 Å². The minimum atomic E-state index is -0.665. The molecule has 2 bridgehead atoms. The van der Waals surface area contributed by atoms with Crippen molar-refractivity contribution in [1.29, 1.82) is 0 Å². The highest BCUT2D eigenvalue weighted by Gasteiger charge is 2.45. The number of hydrogen-bond acceptors (Lipinski definition) is 6. The molecule has 0 aliphatic carbocycles. The summed E-state index contributed by atoms with van der Waals surface area (Å²) < 4.78 is 11.2. The van der Waals surface area contributed by atoms with Gasteiger partial charge in [0, 0.05) is 25.2 Å². The van der Waals surface area contributed by atoms with Gasteiger partial charge in [-0.2, -0.15) is 0 Å². The summed E-state index contributed by atoms with van der Waals surface area (Å²) in [6.07, 6.45) is 2.86. The Labute approximate surface area is 224 Å². The van der Waals surface area contributed by atoms with Crippen LogP contribution in [0.5, 0.6) is 0 Å². The largest absolute Gasteiger partial charge is 0.444 e. The number of piperidine rings is 1. The van der Waals surface area contributed by atoms with Gasteiger partial charge in [-0.25, -0.2) is 14.5 Å². The number of ether oxygens (including phenoxy) is 2. The van der Waals surface area contributed by atoms with Crippen LogP contribution in [0.15, 0.2) is 54.6 Å². The average Bonchev–Trinajstić information content (AvgIpc) is 3.11. The number of nitrogens with zero attached hydrogens (tertiary/aromatic N) is 2. The highest BCUT2D eigenvalue weighted by atomic mass is 16.6. The number of rotatable bonds is 5. The third-order valence-electron chi connectivity index (χ3n) is 7.70. The number of carbonyl (C=O) groups excluding carboxylic acids is 3. The fourth-order valence-corrected chi connectivity index (χ4v) is 5.71. The fourth-order valence-electron chi connectivity index (χ4n) is 5.71. The molecule has 3 heterocycles. The van der Waals surface area contributed by atoms with Crippen LogP contribution in [-0.2, 0) is 20.9 Å². The molecule has 2 aromatic carbocycles. The van der Waals surface area contributed by atoms with E-state index in [1.165, 1.54) is 4.90 Å². The summed E-state index contributed by atoms with van der Waals surface area (Å²) in [4.78, 5) is 42.2. The van der Waals surface area contributed by atoms with Crippen LogP contribution in [0.4, 0.5) is 15.3 Å². The fraction of sp³-hybridized carbons (Fsp3) is 0.500. The van der Waals surface area contributed by atoms with Crippen molar-refractivity contribution in [2.75, 3.05) is 18.0 Å². The van der Waals surface area contributed by atoms with Crippen LogP contribution in [0.2, 0.25) is 0 Å². The summed E-state index contributed by atoms with van der Waals surface area (Å²) in [6.45, 7) is 6.90. The first-order chi connectivity index (χ1) is 18.2. The smallest absolute Gasteiger partial charge is 0.421 e. The van der Waals surface area contributed by atoms with E-state index in [-0.39, 0.29) is 36.6 Å². The van der Waals surface area contributed by atoms with Crippen LogP contribution in [-0.4, -0.2) is 53.8 Å². The first-order valence-electron chi connectivity index (χ1n) is 13.6. The number of nitrogens with one attached hydrogen (secondary N) is 1. The molecule has 0 spiro atoms.